The first-order chi connectivity index (χ1) is 8.70. The fourth-order valence-corrected chi connectivity index (χ4v) is 1.97. The zero-order chi connectivity index (χ0) is 13.0. The lowest BCUT2D eigenvalue weighted by Gasteiger charge is -2.19. The molecule has 18 heavy (non-hydrogen) atoms. The molecule has 2 rings (SSSR count). The summed E-state index contributed by atoms with van der Waals surface area (Å²) in [4.78, 5) is 16.0. The van der Waals surface area contributed by atoms with E-state index < -0.39 is 0 Å². The Morgan fingerprint density at radius 3 is 3.00 bits per heavy atom. The Balaban J connectivity index is 1.93. The van der Waals surface area contributed by atoms with Gasteiger partial charge in [0.1, 0.15) is 5.82 Å². The first-order valence-corrected chi connectivity index (χ1v) is 6.02. The van der Waals surface area contributed by atoms with E-state index in [-0.39, 0.29) is 11.9 Å². The first-order valence-electron chi connectivity index (χ1n) is 6.02. The summed E-state index contributed by atoms with van der Waals surface area (Å²) < 4.78 is 5.31. The topological polar surface area (TPSA) is 89.3 Å². The number of hydrazine groups is 1. The van der Waals surface area contributed by atoms with Crippen LogP contribution in [0.2, 0.25) is 0 Å². The van der Waals surface area contributed by atoms with E-state index in [4.69, 9.17) is 10.6 Å². The SMILES string of the molecule is CC(NC(=O)c1ccc(NN)nc1)C1CCOC1. The number of carbonyl (C=O) groups excluding carboxylic acids is 1. The zero-order valence-corrected chi connectivity index (χ0v) is 10.3. The van der Waals surface area contributed by atoms with E-state index in [2.05, 4.69) is 15.7 Å². The van der Waals surface area contributed by atoms with Crippen LogP contribution in [0.25, 0.3) is 0 Å². The van der Waals surface area contributed by atoms with Crippen LogP contribution in [0.15, 0.2) is 18.3 Å². The largest absolute Gasteiger partial charge is 0.381 e. The summed E-state index contributed by atoms with van der Waals surface area (Å²) in [5.74, 6) is 6.02. The summed E-state index contributed by atoms with van der Waals surface area (Å²) in [5, 5.41) is 2.96. The molecule has 1 amide bonds. The number of nitrogen functional groups attached to an aromatic ring is 1. The van der Waals surface area contributed by atoms with Crippen molar-refractivity contribution in [2.24, 2.45) is 11.8 Å². The van der Waals surface area contributed by atoms with Gasteiger partial charge < -0.3 is 15.5 Å². The number of carbonyl (C=O) groups is 1. The lowest BCUT2D eigenvalue weighted by Crippen LogP contribution is -2.38. The second-order valence-electron chi connectivity index (χ2n) is 4.46. The van der Waals surface area contributed by atoms with Crippen molar-refractivity contribution in [1.29, 1.82) is 0 Å². The predicted molar refractivity (Wildman–Crippen MR) is 67.9 cm³/mol. The van der Waals surface area contributed by atoms with Gasteiger partial charge in [-0.1, -0.05) is 0 Å². The number of hydrogen-bond acceptors (Lipinski definition) is 5. The minimum Gasteiger partial charge on any atom is -0.381 e. The van der Waals surface area contributed by atoms with Gasteiger partial charge in [-0.15, -0.1) is 0 Å². The Morgan fingerprint density at radius 2 is 2.44 bits per heavy atom. The average molecular weight is 250 g/mol. The fraction of sp³-hybridized carbons (Fsp3) is 0.500. The molecule has 0 aromatic carbocycles. The molecular formula is C12H18N4O2. The second kappa shape index (κ2) is 5.79. The van der Waals surface area contributed by atoms with Gasteiger partial charge in [0.25, 0.3) is 5.91 Å². The molecule has 1 aromatic heterocycles. The fourth-order valence-electron chi connectivity index (χ4n) is 1.97. The monoisotopic (exact) mass is 250 g/mol. The van der Waals surface area contributed by atoms with Crippen molar-refractivity contribution in [3.05, 3.63) is 23.9 Å². The highest BCUT2D eigenvalue weighted by molar-refractivity contribution is 5.94. The Kier molecular flexibility index (Phi) is 4.11. The molecule has 1 aliphatic rings. The Morgan fingerprint density at radius 1 is 1.61 bits per heavy atom. The summed E-state index contributed by atoms with van der Waals surface area (Å²) in [6.45, 7) is 3.50. The summed E-state index contributed by atoms with van der Waals surface area (Å²) in [6.07, 6.45) is 2.50. The molecule has 2 heterocycles. The summed E-state index contributed by atoms with van der Waals surface area (Å²) in [6, 6.07) is 3.46. The van der Waals surface area contributed by atoms with E-state index in [1.54, 1.807) is 12.1 Å². The van der Waals surface area contributed by atoms with Gasteiger partial charge >= 0.3 is 0 Å². The number of anilines is 1. The third-order valence-corrected chi connectivity index (χ3v) is 3.20. The molecule has 1 aromatic rings. The minimum absolute atomic E-state index is 0.104. The number of rotatable bonds is 4. The number of amides is 1. The lowest BCUT2D eigenvalue weighted by atomic mass is 10.0. The molecule has 1 saturated heterocycles. The van der Waals surface area contributed by atoms with E-state index in [0.29, 0.717) is 17.3 Å². The molecule has 0 saturated carbocycles. The Hall–Kier alpha value is -1.66. The molecule has 1 fully saturated rings. The molecular weight excluding hydrogens is 232 g/mol. The van der Waals surface area contributed by atoms with Gasteiger partial charge in [0, 0.05) is 24.8 Å². The number of aromatic nitrogens is 1. The van der Waals surface area contributed by atoms with Gasteiger partial charge in [0.15, 0.2) is 0 Å². The molecule has 0 aliphatic carbocycles. The van der Waals surface area contributed by atoms with Crippen LogP contribution in [-0.4, -0.2) is 30.1 Å². The van der Waals surface area contributed by atoms with Crippen LogP contribution in [0.5, 0.6) is 0 Å². The van der Waals surface area contributed by atoms with Crippen LogP contribution in [-0.2, 0) is 4.74 Å². The van der Waals surface area contributed by atoms with Crippen molar-refractivity contribution in [3.8, 4) is 0 Å². The van der Waals surface area contributed by atoms with Crippen molar-refractivity contribution in [3.63, 3.8) is 0 Å². The Bertz CT molecular complexity index is 401. The van der Waals surface area contributed by atoms with E-state index in [1.807, 2.05) is 6.92 Å². The van der Waals surface area contributed by atoms with Crippen LogP contribution in [0.3, 0.4) is 0 Å². The van der Waals surface area contributed by atoms with Gasteiger partial charge in [0.2, 0.25) is 0 Å². The highest BCUT2D eigenvalue weighted by Crippen LogP contribution is 2.16. The molecule has 0 bridgehead atoms. The highest BCUT2D eigenvalue weighted by atomic mass is 16.5. The third kappa shape index (κ3) is 2.96. The number of nitrogens with one attached hydrogen (secondary N) is 2. The number of hydrogen-bond donors (Lipinski definition) is 3. The average Bonchev–Trinajstić information content (AvgIpc) is 2.92. The van der Waals surface area contributed by atoms with Crippen LogP contribution in [0.4, 0.5) is 5.82 Å². The molecule has 6 heteroatoms. The Labute approximate surface area is 106 Å². The molecule has 4 N–H and O–H groups in total. The molecule has 98 valence electrons. The number of pyridine rings is 1. The van der Waals surface area contributed by atoms with Gasteiger partial charge in [0.05, 0.1) is 12.2 Å². The van der Waals surface area contributed by atoms with Gasteiger partial charge in [-0.05, 0) is 25.5 Å². The smallest absolute Gasteiger partial charge is 0.253 e. The van der Waals surface area contributed by atoms with Gasteiger partial charge in [-0.3, -0.25) is 4.79 Å². The van der Waals surface area contributed by atoms with Crippen LogP contribution in [0, 0.1) is 5.92 Å². The molecule has 0 spiro atoms. The van der Waals surface area contributed by atoms with Crippen LogP contribution >= 0.6 is 0 Å². The third-order valence-electron chi connectivity index (χ3n) is 3.20. The maximum atomic E-state index is 12.0. The normalized spacial score (nSPS) is 20.4. The molecule has 2 unspecified atom stereocenters. The van der Waals surface area contributed by atoms with E-state index in [0.717, 1.165) is 19.6 Å². The molecule has 1 aliphatic heterocycles. The maximum absolute atomic E-state index is 12.0. The van der Waals surface area contributed by atoms with Gasteiger partial charge in [-0.2, -0.15) is 0 Å². The maximum Gasteiger partial charge on any atom is 0.253 e. The van der Waals surface area contributed by atoms with Crippen molar-refractivity contribution < 1.29 is 9.53 Å². The predicted octanol–water partition coefficient (Wildman–Crippen LogP) is 0.522. The quantitative estimate of drug-likeness (QED) is 0.535. The number of ether oxygens (including phenoxy) is 1. The lowest BCUT2D eigenvalue weighted by molar-refractivity contribution is 0.0922. The van der Waals surface area contributed by atoms with Crippen molar-refractivity contribution in [1.82, 2.24) is 10.3 Å². The zero-order valence-electron chi connectivity index (χ0n) is 10.3. The summed E-state index contributed by atoms with van der Waals surface area (Å²) in [7, 11) is 0. The standard InChI is InChI=1S/C12H18N4O2/c1-8(10-4-5-18-7-10)15-12(17)9-2-3-11(16-13)14-6-9/h2-3,6,8,10H,4-5,7,13H2,1H3,(H,14,16)(H,15,17). The van der Waals surface area contributed by atoms with Crippen molar-refractivity contribution >= 4 is 11.7 Å². The summed E-state index contributed by atoms with van der Waals surface area (Å²) in [5.41, 5.74) is 2.95. The van der Waals surface area contributed by atoms with Crippen LogP contribution < -0.4 is 16.6 Å². The van der Waals surface area contributed by atoms with Gasteiger partial charge in [-0.25, -0.2) is 10.8 Å². The number of nitrogens with two attached hydrogens (primary N) is 1. The van der Waals surface area contributed by atoms with E-state index in [1.165, 1.54) is 6.20 Å². The van der Waals surface area contributed by atoms with E-state index in [9.17, 15) is 4.79 Å². The van der Waals surface area contributed by atoms with Crippen LogP contribution in [0.1, 0.15) is 23.7 Å². The molecule has 0 radical (unpaired) electrons. The first kappa shape index (κ1) is 12.8. The second-order valence-corrected chi connectivity index (χ2v) is 4.46. The number of nitrogens with zero attached hydrogens (tertiary/aromatic N) is 1. The summed E-state index contributed by atoms with van der Waals surface area (Å²) >= 11 is 0. The highest BCUT2D eigenvalue weighted by Gasteiger charge is 2.23. The van der Waals surface area contributed by atoms with E-state index >= 15 is 0 Å². The molecule has 2 atom stereocenters. The minimum atomic E-state index is -0.120. The van der Waals surface area contributed by atoms with Crippen molar-refractivity contribution in [2.75, 3.05) is 18.6 Å². The van der Waals surface area contributed by atoms with Crippen molar-refractivity contribution in [2.45, 2.75) is 19.4 Å². The molecule has 6 nitrogen and oxygen atoms in total.